The fourth-order valence-electron chi connectivity index (χ4n) is 2.92. The highest BCUT2D eigenvalue weighted by Gasteiger charge is 2.28. The largest absolute Gasteiger partial charge is 0.457 e. The van der Waals surface area contributed by atoms with E-state index in [1.54, 1.807) is 10.6 Å². The van der Waals surface area contributed by atoms with Gasteiger partial charge in [0.2, 0.25) is 10.0 Å². The summed E-state index contributed by atoms with van der Waals surface area (Å²) in [7, 11) is -3.65. The van der Waals surface area contributed by atoms with Crippen molar-refractivity contribution >= 4 is 21.5 Å². The van der Waals surface area contributed by atoms with Crippen LogP contribution in [0.2, 0.25) is 0 Å². The van der Waals surface area contributed by atoms with E-state index in [-0.39, 0.29) is 23.1 Å². The van der Waals surface area contributed by atoms with Crippen LogP contribution in [0.25, 0.3) is 5.52 Å². The normalized spacial score (nSPS) is 14.0. The zero-order valence-corrected chi connectivity index (χ0v) is 15.6. The average Bonchev–Trinajstić information content (AvgIpc) is 3.42. The van der Waals surface area contributed by atoms with Crippen LogP contribution in [0.1, 0.15) is 34.3 Å². The lowest BCUT2D eigenvalue weighted by molar-refractivity contribution is 0.0472. The predicted molar refractivity (Wildman–Crippen MR) is 101 cm³/mol. The van der Waals surface area contributed by atoms with E-state index in [1.807, 2.05) is 24.4 Å². The summed E-state index contributed by atoms with van der Waals surface area (Å²) in [5.41, 5.74) is 1.90. The Hall–Kier alpha value is -3.15. The van der Waals surface area contributed by atoms with Gasteiger partial charge in [-0.3, -0.25) is 0 Å². The molecule has 1 saturated carbocycles. The number of nitriles is 1. The van der Waals surface area contributed by atoms with Crippen LogP contribution in [0.5, 0.6) is 0 Å². The molecule has 0 amide bonds. The Kier molecular flexibility index (Phi) is 4.63. The van der Waals surface area contributed by atoms with Gasteiger partial charge in [-0.2, -0.15) is 5.26 Å². The Morgan fingerprint density at radius 3 is 2.82 bits per heavy atom. The third-order valence-electron chi connectivity index (χ3n) is 4.51. The molecule has 0 atom stereocenters. The molecular weight excluding hydrogens is 378 g/mol. The van der Waals surface area contributed by atoms with Crippen molar-refractivity contribution in [3.63, 3.8) is 0 Å². The van der Waals surface area contributed by atoms with Gasteiger partial charge in [0.25, 0.3) is 0 Å². The molecule has 3 aromatic rings. The van der Waals surface area contributed by atoms with Gasteiger partial charge in [-0.25, -0.2) is 17.9 Å². The van der Waals surface area contributed by atoms with Gasteiger partial charge >= 0.3 is 5.97 Å². The van der Waals surface area contributed by atoms with Gasteiger partial charge in [0.1, 0.15) is 12.7 Å². The Labute approximate surface area is 162 Å². The zero-order valence-electron chi connectivity index (χ0n) is 14.8. The minimum atomic E-state index is -3.65. The number of carbonyl (C=O) groups is 1. The number of fused-ring (bicyclic) bond motifs is 1. The fraction of sp³-hybridized carbons (Fsp3) is 0.200. The predicted octanol–water partition coefficient (Wildman–Crippen LogP) is 2.61. The molecule has 28 heavy (non-hydrogen) atoms. The maximum atomic E-state index is 12.4. The summed E-state index contributed by atoms with van der Waals surface area (Å²) in [5, 5.41) is 9.41. The molecule has 2 aromatic heterocycles. The van der Waals surface area contributed by atoms with Crippen molar-refractivity contribution < 1.29 is 17.9 Å². The number of nitrogens with zero attached hydrogens (tertiary/aromatic N) is 2. The number of aromatic nitrogens is 1. The molecule has 2 heterocycles. The molecule has 0 radical (unpaired) electrons. The molecule has 4 rings (SSSR count). The molecule has 1 fully saturated rings. The number of hydrogen-bond donors (Lipinski definition) is 1. The Bertz CT molecular complexity index is 1200. The molecule has 1 aliphatic carbocycles. The Morgan fingerprint density at radius 2 is 2.07 bits per heavy atom. The third kappa shape index (κ3) is 3.63. The average molecular weight is 395 g/mol. The fourth-order valence-corrected chi connectivity index (χ4v) is 4.27. The molecule has 142 valence electrons. The molecule has 0 spiro atoms. The summed E-state index contributed by atoms with van der Waals surface area (Å²) in [5.74, 6) is -0.650. The number of rotatable bonds is 6. The molecule has 7 nitrogen and oxygen atoms in total. The number of carbonyl (C=O) groups excluding carboxylic acids is 1. The molecule has 0 bridgehead atoms. The number of esters is 1. The second kappa shape index (κ2) is 7.11. The number of sulfonamides is 1. The lowest BCUT2D eigenvalue weighted by Gasteiger charge is -2.08. The van der Waals surface area contributed by atoms with Gasteiger partial charge in [-0.15, -0.1) is 0 Å². The summed E-state index contributed by atoms with van der Waals surface area (Å²) in [4.78, 5) is 12.4. The van der Waals surface area contributed by atoms with Crippen molar-refractivity contribution in [2.75, 3.05) is 0 Å². The van der Waals surface area contributed by atoms with E-state index in [0.29, 0.717) is 11.1 Å². The molecule has 1 N–H and O–H groups in total. The highest BCUT2D eigenvalue weighted by molar-refractivity contribution is 7.89. The van der Waals surface area contributed by atoms with Crippen LogP contribution in [0.4, 0.5) is 0 Å². The van der Waals surface area contributed by atoms with Gasteiger partial charge in [0, 0.05) is 24.0 Å². The monoisotopic (exact) mass is 395 g/mol. The first kappa shape index (κ1) is 18.2. The van der Waals surface area contributed by atoms with Crippen LogP contribution in [0.15, 0.2) is 59.8 Å². The van der Waals surface area contributed by atoms with Gasteiger partial charge < -0.3 is 9.14 Å². The van der Waals surface area contributed by atoms with E-state index in [2.05, 4.69) is 10.8 Å². The van der Waals surface area contributed by atoms with Crippen molar-refractivity contribution in [2.45, 2.75) is 30.4 Å². The van der Waals surface area contributed by atoms with Gasteiger partial charge in [0.15, 0.2) is 0 Å². The SMILES string of the molecule is N#Cc1c(COC(=O)c2cccc(S(=O)(=O)NC3CC3)c2)cn2ccccc12. The van der Waals surface area contributed by atoms with Crippen molar-refractivity contribution in [1.29, 1.82) is 5.26 Å². The van der Waals surface area contributed by atoms with Gasteiger partial charge in [-0.1, -0.05) is 12.1 Å². The number of ether oxygens (including phenoxy) is 1. The molecule has 8 heteroatoms. The minimum Gasteiger partial charge on any atom is -0.457 e. The number of pyridine rings is 1. The highest BCUT2D eigenvalue weighted by Crippen LogP contribution is 2.23. The van der Waals surface area contributed by atoms with Crippen LogP contribution in [0, 0.1) is 11.3 Å². The summed E-state index contributed by atoms with van der Waals surface area (Å²) in [6, 6.07) is 13.3. The van der Waals surface area contributed by atoms with Crippen LogP contribution in [-0.2, 0) is 21.4 Å². The van der Waals surface area contributed by atoms with Crippen LogP contribution in [-0.4, -0.2) is 24.8 Å². The van der Waals surface area contributed by atoms with Gasteiger partial charge in [0.05, 0.1) is 21.5 Å². The maximum absolute atomic E-state index is 12.4. The van der Waals surface area contributed by atoms with Gasteiger partial charge in [-0.05, 0) is 43.2 Å². The summed E-state index contributed by atoms with van der Waals surface area (Å²) < 4.78 is 34.3. The van der Waals surface area contributed by atoms with Crippen LogP contribution in [0.3, 0.4) is 0 Å². The molecular formula is C20H17N3O4S. The van der Waals surface area contributed by atoms with E-state index in [0.717, 1.165) is 18.4 Å². The molecule has 0 unspecified atom stereocenters. The molecule has 1 aliphatic rings. The Balaban J connectivity index is 1.52. The maximum Gasteiger partial charge on any atom is 0.338 e. The van der Waals surface area contributed by atoms with Crippen molar-refractivity contribution in [1.82, 2.24) is 9.12 Å². The first-order valence-corrected chi connectivity index (χ1v) is 10.2. The smallest absolute Gasteiger partial charge is 0.338 e. The summed E-state index contributed by atoms with van der Waals surface area (Å²) in [6.45, 7) is -0.0826. The summed E-state index contributed by atoms with van der Waals surface area (Å²) in [6.07, 6.45) is 5.20. The number of hydrogen-bond acceptors (Lipinski definition) is 5. The van der Waals surface area contributed by atoms with Crippen molar-refractivity contribution in [3.05, 3.63) is 71.5 Å². The topological polar surface area (TPSA) is 101 Å². The quantitative estimate of drug-likeness (QED) is 0.647. The van der Waals surface area contributed by atoms with E-state index in [1.165, 1.54) is 24.3 Å². The van der Waals surface area contributed by atoms with Crippen LogP contribution < -0.4 is 4.72 Å². The lowest BCUT2D eigenvalue weighted by atomic mass is 10.2. The second-order valence-electron chi connectivity index (χ2n) is 6.63. The van der Waals surface area contributed by atoms with E-state index >= 15 is 0 Å². The molecule has 1 aromatic carbocycles. The minimum absolute atomic E-state index is 0.0195. The standard InChI is InChI=1S/C20H17N3O4S/c21-11-18-15(12-23-9-2-1-6-19(18)23)13-27-20(24)14-4-3-5-17(10-14)28(25,26)22-16-7-8-16/h1-6,9-10,12,16,22H,7-8,13H2. The molecule has 0 saturated heterocycles. The van der Waals surface area contributed by atoms with E-state index < -0.39 is 16.0 Å². The summed E-state index contributed by atoms with van der Waals surface area (Å²) >= 11 is 0. The van der Waals surface area contributed by atoms with E-state index in [4.69, 9.17) is 4.74 Å². The first-order chi connectivity index (χ1) is 13.5. The lowest BCUT2D eigenvalue weighted by Crippen LogP contribution is -2.25. The van der Waals surface area contributed by atoms with Crippen molar-refractivity contribution in [2.24, 2.45) is 0 Å². The second-order valence-corrected chi connectivity index (χ2v) is 8.35. The van der Waals surface area contributed by atoms with Crippen molar-refractivity contribution in [3.8, 4) is 6.07 Å². The molecule has 0 aliphatic heterocycles. The van der Waals surface area contributed by atoms with Crippen LogP contribution >= 0.6 is 0 Å². The highest BCUT2D eigenvalue weighted by atomic mass is 32.2. The third-order valence-corrected chi connectivity index (χ3v) is 6.03. The zero-order chi connectivity index (χ0) is 19.7. The number of benzene rings is 1. The first-order valence-electron chi connectivity index (χ1n) is 8.76. The number of nitrogens with one attached hydrogen (secondary N) is 1. The van der Waals surface area contributed by atoms with E-state index in [9.17, 15) is 18.5 Å². The Morgan fingerprint density at radius 1 is 1.25 bits per heavy atom.